The quantitative estimate of drug-likeness (QED) is 0.314. The number of carboxylic acid groups (broad SMARTS) is 1. The van der Waals surface area contributed by atoms with Crippen molar-refractivity contribution >= 4 is 45.4 Å². The van der Waals surface area contributed by atoms with Crippen molar-refractivity contribution in [2.45, 2.75) is 64.8 Å². The van der Waals surface area contributed by atoms with Crippen LogP contribution in [0.4, 0.5) is 0 Å². The zero-order chi connectivity index (χ0) is 26.3. The molecule has 0 radical (unpaired) electrons. The molecular weight excluding hydrogens is 494 g/mol. The van der Waals surface area contributed by atoms with Crippen LogP contribution in [0.1, 0.15) is 52.8 Å². The number of aryl methyl sites for hydroxylation is 4. The SMILES string of the molecule is Cc1c(CCC(=O)N[C@H](Cc2ccc(Cl)cc2)C(=O)O)c(=O)oc2c(C)c3oc4c(c3cc12)CCCC4. The molecule has 37 heavy (non-hydrogen) atoms. The van der Waals surface area contributed by atoms with Gasteiger partial charge < -0.3 is 19.3 Å². The van der Waals surface area contributed by atoms with E-state index in [2.05, 4.69) is 5.32 Å². The van der Waals surface area contributed by atoms with Gasteiger partial charge in [0.2, 0.25) is 5.91 Å². The largest absolute Gasteiger partial charge is 0.480 e. The molecular formula is C29H28ClNO6. The van der Waals surface area contributed by atoms with Crippen molar-refractivity contribution in [3.63, 3.8) is 0 Å². The van der Waals surface area contributed by atoms with E-state index < -0.39 is 23.5 Å². The number of furan rings is 1. The van der Waals surface area contributed by atoms with Gasteiger partial charge in [-0.3, -0.25) is 4.79 Å². The molecule has 0 bridgehead atoms. The number of fused-ring (bicyclic) bond motifs is 4. The Labute approximate surface area is 218 Å². The highest BCUT2D eigenvalue weighted by atomic mass is 35.5. The van der Waals surface area contributed by atoms with Crippen LogP contribution in [0.15, 0.2) is 44.0 Å². The average molecular weight is 522 g/mol. The number of benzene rings is 2. The number of hydrogen-bond donors (Lipinski definition) is 2. The van der Waals surface area contributed by atoms with Gasteiger partial charge in [0.25, 0.3) is 0 Å². The topological polar surface area (TPSA) is 110 Å². The number of carbonyl (C=O) groups is 2. The van der Waals surface area contributed by atoms with Crippen LogP contribution in [-0.4, -0.2) is 23.0 Å². The predicted molar refractivity (Wildman–Crippen MR) is 141 cm³/mol. The number of carboxylic acids is 1. The summed E-state index contributed by atoms with van der Waals surface area (Å²) in [6.45, 7) is 3.77. The highest BCUT2D eigenvalue weighted by Gasteiger charge is 2.24. The van der Waals surface area contributed by atoms with Gasteiger partial charge in [0, 0.05) is 51.7 Å². The lowest BCUT2D eigenvalue weighted by molar-refractivity contribution is -0.141. The van der Waals surface area contributed by atoms with E-state index in [9.17, 15) is 19.5 Å². The van der Waals surface area contributed by atoms with Crippen LogP contribution in [0.5, 0.6) is 0 Å². The fourth-order valence-corrected chi connectivity index (χ4v) is 5.39. The molecule has 0 saturated heterocycles. The molecule has 7 nitrogen and oxygen atoms in total. The van der Waals surface area contributed by atoms with E-state index in [1.54, 1.807) is 24.3 Å². The van der Waals surface area contributed by atoms with Crippen molar-refractivity contribution in [2.75, 3.05) is 0 Å². The molecule has 2 aromatic carbocycles. The van der Waals surface area contributed by atoms with E-state index in [4.69, 9.17) is 20.4 Å². The zero-order valence-corrected chi connectivity index (χ0v) is 21.5. The molecule has 0 aliphatic heterocycles. The number of carbonyl (C=O) groups excluding carboxylic acids is 1. The highest BCUT2D eigenvalue weighted by Crippen LogP contribution is 2.38. The van der Waals surface area contributed by atoms with Crippen LogP contribution < -0.4 is 10.9 Å². The summed E-state index contributed by atoms with van der Waals surface area (Å²) in [6, 6.07) is 7.75. The smallest absolute Gasteiger partial charge is 0.339 e. The van der Waals surface area contributed by atoms with Crippen molar-refractivity contribution in [1.82, 2.24) is 5.32 Å². The second-order valence-electron chi connectivity index (χ2n) is 9.75. The zero-order valence-electron chi connectivity index (χ0n) is 20.8. The summed E-state index contributed by atoms with van der Waals surface area (Å²) in [5, 5.41) is 14.6. The minimum atomic E-state index is -1.13. The number of amides is 1. The maximum atomic E-state index is 12.9. The first-order valence-corrected chi connectivity index (χ1v) is 12.9. The van der Waals surface area contributed by atoms with E-state index in [-0.39, 0.29) is 19.3 Å². The van der Waals surface area contributed by atoms with E-state index in [0.29, 0.717) is 16.2 Å². The van der Waals surface area contributed by atoms with Crippen molar-refractivity contribution in [3.05, 3.63) is 79.4 Å². The Morgan fingerprint density at radius 2 is 1.73 bits per heavy atom. The van der Waals surface area contributed by atoms with E-state index in [1.807, 2.05) is 19.9 Å². The molecule has 8 heteroatoms. The summed E-state index contributed by atoms with van der Waals surface area (Å²) >= 11 is 5.90. The molecule has 0 unspecified atom stereocenters. The van der Waals surface area contributed by atoms with Crippen LogP contribution in [0.25, 0.3) is 21.9 Å². The van der Waals surface area contributed by atoms with Gasteiger partial charge in [-0.2, -0.15) is 0 Å². The lowest BCUT2D eigenvalue weighted by atomic mass is 9.93. The second-order valence-corrected chi connectivity index (χ2v) is 10.2. The van der Waals surface area contributed by atoms with Crippen molar-refractivity contribution in [1.29, 1.82) is 0 Å². The van der Waals surface area contributed by atoms with Gasteiger partial charge >= 0.3 is 11.6 Å². The van der Waals surface area contributed by atoms with Gasteiger partial charge in [0.1, 0.15) is 23.0 Å². The van der Waals surface area contributed by atoms with Gasteiger partial charge in [-0.1, -0.05) is 23.7 Å². The molecule has 1 aliphatic carbocycles. The maximum Gasteiger partial charge on any atom is 0.339 e. The first-order chi connectivity index (χ1) is 17.7. The van der Waals surface area contributed by atoms with Crippen LogP contribution >= 0.6 is 11.6 Å². The summed E-state index contributed by atoms with van der Waals surface area (Å²) in [7, 11) is 0. The Morgan fingerprint density at radius 3 is 2.46 bits per heavy atom. The van der Waals surface area contributed by atoms with E-state index >= 15 is 0 Å². The van der Waals surface area contributed by atoms with Gasteiger partial charge in [0.15, 0.2) is 0 Å². The summed E-state index contributed by atoms with van der Waals surface area (Å²) < 4.78 is 11.9. The summed E-state index contributed by atoms with van der Waals surface area (Å²) in [4.78, 5) is 37.3. The van der Waals surface area contributed by atoms with E-state index in [0.717, 1.165) is 64.5 Å². The highest BCUT2D eigenvalue weighted by molar-refractivity contribution is 6.30. The number of aliphatic carboxylic acids is 1. The minimum Gasteiger partial charge on any atom is -0.480 e. The number of hydrogen-bond acceptors (Lipinski definition) is 5. The number of nitrogens with one attached hydrogen (secondary N) is 1. The molecule has 192 valence electrons. The monoisotopic (exact) mass is 521 g/mol. The molecule has 2 heterocycles. The van der Waals surface area contributed by atoms with Crippen LogP contribution in [0, 0.1) is 13.8 Å². The first-order valence-electron chi connectivity index (χ1n) is 12.5. The summed E-state index contributed by atoms with van der Waals surface area (Å²) in [6.07, 6.45) is 4.34. The Morgan fingerprint density at radius 1 is 1.03 bits per heavy atom. The first kappa shape index (κ1) is 25.1. The van der Waals surface area contributed by atoms with Gasteiger partial charge in [0.05, 0.1) is 0 Å². The third kappa shape index (κ3) is 4.88. The van der Waals surface area contributed by atoms with Gasteiger partial charge in [-0.25, -0.2) is 9.59 Å². The van der Waals surface area contributed by atoms with Crippen LogP contribution in [-0.2, 0) is 35.3 Å². The van der Waals surface area contributed by atoms with Crippen LogP contribution in [0.3, 0.4) is 0 Å². The molecule has 1 aliphatic rings. The lowest BCUT2D eigenvalue weighted by Crippen LogP contribution is -2.42. The van der Waals surface area contributed by atoms with Crippen LogP contribution in [0.2, 0.25) is 5.02 Å². The average Bonchev–Trinajstić information content (AvgIpc) is 3.25. The minimum absolute atomic E-state index is 0.0379. The molecule has 0 fully saturated rings. The Kier molecular flexibility index (Phi) is 6.82. The molecule has 1 atom stereocenters. The molecule has 2 N–H and O–H groups in total. The molecule has 0 spiro atoms. The fraction of sp³-hybridized carbons (Fsp3) is 0.345. The van der Waals surface area contributed by atoms with Crippen molar-refractivity contribution in [2.24, 2.45) is 0 Å². The van der Waals surface area contributed by atoms with E-state index in [1.165, 1.54) is 5.56 Å². The van der Waals surface area contributed by atoms with Crippen molar-refractivity contribution in [3.8, 4) is 0 Å². The van der Waals surface area contributed by atoms with Gasteiger partial charge in [-0.05, 0) is 68.9 Å². The third-order valence-electron chi connectivity index (χ3n) is 7.31. The lowest BCUT2D eigenvalue weighted by Gasteiger charge is -2.15. The van der Waals surface area contributed by atoms with Gasteiger partial charge in [-0.15, -0.1) is 0 Å². The predicted octanol–water partition coefficient (Wildman–Crippen LogP) is 5.43. The molecule has 1 amide bonds. The molecule has 4 aromatic rings. The molecule has 2 aromatic heterocycles. The number of halogens is 1. The standard InChI is InChI=1S/C29H28ClNO6/c1-15-19(11-12-25(32)31-23(28(33)34)13-17-7-9-18(30)10-8-17)29(35)37-26-16(2)27-22(14-21(15)26)20-5-3-4-6-24(20)36-27/h7-10,14,23H,3-6,11-13H2,1-2H3,(H,31,32)(H,33,34)/t23-/m1/s1. The van der Waals surface area contributed by atoms with Crippen molar-refractivity contribution < 1.29 is 23.5 Å². The molecule has 0 saturated carbocycles. The maximum absolute atomic E-state index is 12.9. The summed E-state index contributed by atoms with van der Waals surface area (Å²) in [5.41, 5.74) is 4.75. The fourth-order valence-electron chi connectivity index (χ4n) is 5.27. The Hall–Kier alpha value is -3.58. The second kappa shape index (κ2) is 10.1. The Balaban J connectivity index is 1.38. The molecule has 5 rings (SSSR count). The normalized spacial score (nSPS) is 14.0. The number of rotatable bonds is 7. The third-order valence-corrected chi connectivity index (χ3v) is 7.56. The summed E-state index contributed by atoms with van der Waals surface area (Å²) in [5.74, 6) is -0.563. The Bertz CT molecular complexity index is 1580.